The van der Waals surface area contributed by atoms with E-state index in [0.29, 0.717) is 17.9 Å². The molecular formula is C23H25N6O5S2+. The van der Waals surface area contributed by atoms with Crippen LogP contribution in [0.5, 0.6) is 0 Å². The molecule has 2 aromatic heterocycles. The summed E-state index contributed by atoms with van der Waals surface area (Å²) in [5.74, 6) is -1.86. The number of hydrogen-bond donors (Lipinski definition) is 3. The molecule has 0 spiro atoms. The maximum atomic E-state index is 13.1. The van der Waals surface area contributed by atoms with Crippen molar-refractivity contribution in [1.82, 2.24) is 15.2 Å². The van der Waals surface area contributed by atoms with Gasteiger partial charge in [-0.05, 0) is 25.3 Å². The number of oxime groups is 1. The minimum Gasteiger partial charge on any atom is -0.477 e. The summed E-state index contributed by atoms with van der Waals surface area (Å²) in [6, 6.07) is 3.21. The summed E-state index contributed by atoms with van der Waals surface area (Å²) in [6.45, 7) is 0.404. The number of carboxylic acids is 1. The quantitative estimate of drug-likeness (QED) is 0.205. The molecular weight excluding hydrogens is 504 g/mol. The van der Waals surface area contributed by atoms with Crippen molar-refractivity contribution in [2.75, 3.05) is 18.6 Å². The first-order valence-corrected chi connectivity index (χ1v) is 13.4. The number of thiazole rings is 1. The molecule has 13 heteroatoms. The lowest BCUT2D eigenvalue weighted by Crippen LogP contribution is -2.71. The monoisotopic (exact) mass is 529 g/mol. The van der Waals surface area contributed by atoms with Crippen molar-refractivity contribution < 1.29 is 28.9 Å². The Bertz CT molecular complexity index is 1310. The van der Waals surface area contributed by atoms with E-state index in [0.717, 1.165) is 37.0 Å². The van der Waals surface area contributed by atoms with Crippen molar-refractivity contribution in [3.8, 4) is 0 Å². The Balaban J connectivity index is 1.36. The number of fused-ring (bicyclic) bond motifs is 2. The molecule has 0 saturated carbocycles. The molecule has 2 atom stereocenters. The van der Waals surface area contributed by atoms with Crippen LogP contribution in [-0.2, 0) is 38.6 Å². The number of aryl methyl sites for hydroxylation is 1. The standard InChI is InChI=1S/C23H24N6O5S2/c1-34-27-16(14-11-36-23(24)25-14)19(30)26-17-20(31)29-18(22(32)33)13(10-35-21(17)29)9-28-8-4-6-12-5-2-3-7-15(12)28/h4,6,8,11,17,21H,2-3,5,7,9-10H2,1H3,(H3-,24,25,26,30,32,33)/p+1/b27-16-/t17-,21-/m1/s1. The van der Waals surface area contributed by atoms with Gasteiger partial charge in [0.25, 0.3) is 11.8 Å². The fraction of sp³-hybridized carbons (Fsp3) is 0.391. The highest BCUT2D eigenvalue weighted by Crippen LogP contribution is 2.40. The molecule has 188 valence electrons. The first-order valence-electron chi connectivity index (χ1n) is 11.4. The molecule has 5 rings (SSSR count). The van der Waals surface area contributed by atoms with E-state index in [2.05, 4.69) is 26.1 Å². The molecule has 4 N–H and O–H groups in total. The molecule has 0 aromatic carbocycles. The number of carbonyl (C=O) groups is 3. The number of nitrogens with zero attached hydrogens (tertiary/aromatic N) is 4. The van der Waals surface area contributed by atoms with Gasteiger partial charge in [-0.2, -0.15) is 4.57 Å². The lowest BCUT2D eigenvalue weighted by Gasteiger charge is -2.49. The first kappa shape index (κ1) is 24.3. The second-order valence-electron chi connectivity index (χ2n) is 8.63. The molecule has 1 fully saturated rings. The van der Waals surface area contributed by atoms with E-state index in [1.54, 1.807) is 5.38 Å². The number of nitrogens with two attached hydrogens (primary N) is 1. The largest absolute Gasteiger partial charge is 0.477 e. The van der Waals surface area contributed by atoms with Crippen molar-refractivity contribution in [1.29, 1.82) is 0 Å². The van der Waals surface area contributed by atoms with E-state index in [9.17, 15) is 19.5 Å². The summed E-state index contributed by atoms with van der Waals surface area (Å²) in [5, 5.41) is 17.7. The topological polar surface area (TPSA) is 151 Å². The van der Waals surface area contributed by atoms with Crippen LogP contribution in [0.4, 0.5) is 5.13 Å². The summed E-state index contributed by atoms with van der Waals surface area (Å²) in [7, 11) is 1.30. The van der Waals surface area contributed by atoms with Crippen LogP contribution in [0.25, 0.3) is 0 Å². The third kappa shape index (κ3) is 4.32. The van der Waals surface area contributed by atoms with Crippen LogP contribution < -0.4 is 15.6 Å². The number of β-lactam (4-membered cyclic amide) rings is 1. The van der Waals surface area contributed by atoms with Crippen LogP contribution >= 0.6 is 23.1 Å². The van der Waals surface area contributed by atoms with Crippen molar-refractivity contribution in [2.45, 2.75) is 43.6 Å². The summed E-state index contributed by atoms with van der Waals surface area (Å²) in [6.07, 6.45) is 6.20. The summed E-state index contributed by atoms with van der Waals surface area (Å²) >= 11 is 2.57. The number of thioether (sulfide) groups is 1. The number of aliphatic carboxylic acids is 1. The molecule has 0 bridgehead atoms. The molecule has 0 unspecified atom stereocenters. The van der Waals surface area contributed by atoms with Crippen LogP contribution in [-0.4, -0.2) is 62.8 Å². The van der Waals surface area contributed by atoms with Gasteiger partial charge >= 0.3 is 5.97 Å². The highest BCUT2D eigenvalue weighted by Gasteiger charge is 2.55. The minimum atomic E-state index is -1.15. The van der Waals surface area contributed by atoms with Crippen LogP contribution in [0, 0.1) is 0 Å². The zero-order chi connectivity index (χ0) is 25.4. The van der Waals surface area contributed by atoms with E-state index in [1.165, 1.54) is 35.0 Å². The van der Waals surface area contributed by atoms with Crippen molar-refractivity contribution in [3.63, 3.8) is 0 Å². The molecule has 3 aliphatic rings. The maximum Gasteiger partial charge on any atom is 0.352 e. The number of carboxylic acid groups (broad SMARTS) is 1. The van der Waals surface area contributed by atoms with Gasteiger partial charge in [0.15, 0.2) is 29.3 Å². The molecule has 36 heavy (non-hydrogen) atoms. The Morgan fingerprint density at radius 3 is 2.92 bits per heavy atom. The van der Waals surface area contributed by atoms with Crippen molar-refractivity contribution in [2.24, 2.45) is 5.16 Å². The van der Waals surface area contributed by atoms with Crippen molar-refractivity contribution in [3.05, 3.63) is 51.9 Å². The summed E-state index contributed by atoms with van der Waals surface area (Å²) in [5.41, 5.74) is 8.96. The molecule has 1 aliphatic carbocycles. The zero-order valence-corrected chi connectivity index (χ0v) is 21.1. The number of hydrogen-bond acceptors (Lipinski definition) is 9. The van der Waals surface area contributed by atoms with Gasteiger partial charge in [0, 0.05) is 34.8 Å². The Morgan fingerprint density at radius 2 is 2.19 bits per heavy atom. The molecule has 2 aliphatic heterocycles. The smallest absolute Gasteiger partial charge is 0.352 e. The van der Waals surface area contributed by atoms with Gasteiger partial charge in [-0.1, -0.05) is 5.16 Å². The van der Waals surface area contributed by atoms with E-state index in [4.69, 9.17) is 10.6 Å². The lowest BCUT2D eigenvalue weighted by molar-refractivity contribution is -0.697. The first-order chi connectivity index (χ1) is 17.4. The fourth-order valence-electron chi connectivity index (χ4n) is 4.83. The van der Waals surface area contributed by atoms with Gasteiger partial charge in [0.1, 0.15) is 29.9 Å². The number of anilines is 1. The minimum absolute atomic E-state index is 0.00628. The molecule has 2 aromatic rings. The predicted octanol–water partition coefficient (Wildman–Crippen LogP) is 0.681. The Labute approximate surface area is 215 Å². The van der Waals surface area contributed by atoms with Gasteiger partial charge in [-0.15, -0.1) is 23.1 Å². The number of aromatic nitrogens is 2. The molecule has 4 heterocycles. The number of rotatable bonds is 7. The van der Waals surface area contributed by atoms with Gasteiger partial charge < -0.3 is 21.0 Å². The van der Waals surface area contributed by atoms with Crippen LogP contribution in [0.3, 0.4) is 0 Å². The normalized spacial score (nSPS) is 21.4. The summed E-state index contributed by atoms with van der Waals surface area (Å²) in [4.78, 5) is 48.4. The summed E-state index contributed by atoms with van der Waals surface area (Å²) < 4.78 is 2.10. The molecule has 11 nitrogen and oxygen atoms in total. The van der Waals surface area contributed by atoms with E-state index in [1.807, 2.05) is 12.3 Å². The highest BCUT2D eigenvalue weighted by molar-refractivity contribution is 8.00. The average Bonchev–Trinajstić information content (AvgIpc) is 3.31. The van der Waals surface area contributed by atoms with Gasteiger partial charge in [0.2, 0.25) is 0 Å². The second-order valence-corrected chi connectivity index (χ2v) is 10.6. The highest BCUT2D eigenvalue weighted by atomic mass is 32.2. The fourth-order valence-corrected chi connectivity index (χ4v) is 6.72. The Kier molecular flexibility index (Phi) is 6.67. The molecule has 2 amide bonds. The Morgan fingerprint density at radius 1 is 1.39 bits per heavy atom. The van der Waals surface area contributed by atoms with E-state index < -0.39 is 29.2 Å². The van der Waals surface area contributed by atoms with Crippen molar-refractivity contribution >= 4 is 51.7 Å². The third-order valence-electron chi connectivity index (χ3n) is 6.45. The number of amides is 2. The van der Waals surface area contributed by atoms with Crippen LogP contribution in [0.15, 0.2) is 40.1 Å². The van der Waals surface area contributed by atoms with Crippen LogP contribution in [0.2, 0.25) is 0 Å². The number of nitrogens with one attached hydrogen (secondary N) is 1. The average molecular weight is 530 g/mol. The maximum absolute atomic E-state index is 13.1. The van der Waals surface area contributed by atoms with Gasteiger partial charge in [-0.3, -0.25) is 14.5 Å². The third-order valence-corrected chi connectivity index (χ3v) is 8.46. The molecule has 1 saturated heterocycles. The Hall–Kier alpha value is -3.45. The van der Waals surface area contributed by atoms with E-state index in [-0.39, 0.29) is 22.2 Å². The van der Waals surface area contributed by atoms with Crippen LogP contribution in [0.1, 0.15) is 29.8 Å². The number of pyridine rings is 1. The van der Waals surface area contributed by atoms with Gasteiger partial charge in [-0.25, -0.2) is 9.78 Å². The lowest BCUT2D eigenvalue weighted by atomic mass is 9.95. The predicted molar refractivity (Wildman–Crippen MR) is 133 cm³/mol. The van der Waals surface area contributed by atoms with E-state index >= 15 is 0 Å². The number of nitrogen functional groups attached to an aromatic ring is 1. The van der Waals surface area contributed by atoms with Gasteiger partial charge in [0.05, 0.1) is 0 Å². The molecule has 0 radical (unpaired) electrons. The zero-order valence-electron chi connectivity index (χ0n) is 19.5. The second kappa shape index (κ2) is 9.90. The number of carbonyl (C=O) groups excluding carboxylic acids is 2. The SMILES string of the molecule is CO/N=C(\C(=O)N[C@@H]1C(=O)N2C(C(=O)O)=C(C[n+]3cccc4c3CCCC4)CS[C@H]12)c1csc(N)n1.